The van der Waals surface area contributed by atoms with E-state index in [0.717, 1.165) is 18.4 Å². The number of methoxy groups -OCH3 is 1. The first-order valence-electron chi connectivity index (χ1n) is 13.1. The Labute approximate surface area is 220 Å². The zero-order valence-corrected chi connectivity index (χ0v) is 23.1. The lowest BCUT2D eigenvalue weighted by Gasteiger charge is -2.42. The number of rotatable bonds is 9. The van der Waals surface area contributed by atoms with Gasteiger partial charge in [-0.25, -0.2) is 0 Å². The summed E-state index contributed by atoms with van der Waals surface area (Å²) in [5, 5.41) is 13.7. The number of carbonyl (C=O) groups excluding carboxylic acids is 2. The van der Waals surface area contributed by atoms with E-state index in [2.05, 4.69) is 18.3 Å². The zero-order valence-electron chi connectivity index (χ0n) is 23.1. The van der Waals surface area contributed by atoms with E-state index >= 15 is 0 Å². The van der Waals surface area contributed by atoms with Gasteiger partial charge in [-0.2, -0.15) is 0 Å². The minimum Gasteiger partial charge on any atom is -0.459 e. The van der Waals surface area contributed by atoms with Crippen molar-refractivity contribution in [2.24, 2.45) is 5.92 Å². The van der Waals surface area contributed by atoms with Gasteiger partial charge in [0.15, 0.2) is 5.79 Å². The molecule has 0 aromatic heterocycles. The minimum absolute atomic E-state index is 0.0301. The number of nitrogens with one attached hydrogen (secondary N) is 1. The largest absolute Gasteiger partial charge is 0.459 e. The topological polar surface area (TPSA) is 116 Å². The highest BCUT2D eigenvalue weighted by molar-refractivity contribution is 5.87. The molecule has 9 atom stereocenters. The summed E-state index contributed by atoms with van der Waals surface area (Å²) < 4.78 is 28.4. The summed E-state index contributed by atoms with van der Waals surface area (Å²) >= 11 is 0. The molecule has 0 aliphatic carbocycles. The van der Waals surface area contributed by atoms with Crippen LogP contribution < -0.4 is 5.32 Å². The summed E-state index contributed by atoms with van der Waals surface area (Å²) in [4.78, 5) is 23.3. The normalized spacial score (nSPS) is 39.2. The van der Waals surface area contributed by atoms with Crippen LogP contribution in [0.2, 0.25) is 0 Å². The Kier molecular flexibility index (Phi) is 9.74. The van der Waals surface area contributed by atoms with E-state index in [4.69, 9.17) is 23.7 Å². The molecule has 37 heavy (non-hydrogen) atoms. The van der Waals surface area contributed by atoms with Crippen LogP contribution in [-0.2, 0) is 33.3 Å². The molecule has 0 aromatic rings. The number of allylic oxidation sites excluding steroid dienone is 2. The van der Waals surface area contributed by atoms with Crippen LogP contribution in [0.1, 0.15) is 60.8 Å². The number of aliphatic hydroxyl groups excluding tert-OH is 1. The van der Waals surface area contributed by atoms with Crippen LogP contribution in [0.25, 0.3) is 0 Å². The van der Waals surface area contributed by atoms with E-state index in [1.54, 1.807) is 20.1 Å². The van der Waals surface area contributed by atoms with Crippen molar-refractivity contribution in [1.29, 1.82) is 0 Å². The molecule has 208 valence electrons. The Bertz CT molecular complexity index is 910. The predicted octanol–water partition coefficient (Wildman–Crippen LogP) is 2.97. The minimum atomic E-state index is -0.799. The van der Waals surface area contributed by atoms with E-state index in [9.17, 15) is 14.7 Å². The molecule has 3 aliphatic rings. The molecule has 3 rings (SSSR count). The van der Waals surface area contributed by atoms with Crippen molar-refractivity contribution in [3.63, 3.8) is 0 Å². The van der Waals surface area contributed by atoms with Crippen LogP contribution >= 0.6 is 0 Å². The monoisotopic (exact) mass is 521 g/mol. The van der Waals surface area contributed by atoms with Gasteiger partial charge in [-0.15, -0.1) is 0 Å². The second-order valence-corrected chi connectivity index (χ2v) is 10.8. The maximum absolute atomic E-state index is 12.3. The van der Waals surface area contributed by atoms with Crippen LogP contribution in [0, 0.1) is 5.92 Å². The highest BCUT2D eigenvalue weighted by Gasteiger charge is 2.61. The number of hydrogen-bond donors (Lipinski definition) is 2. The van der Waals surface area contributed by atoms with Crippen molar-refractivity contribution in [2.75, 3.05) is 13.7 Å². The molecule has 0 saturated carbocycles. The van der Waals surface area contributed by atoms with E-state index in [1.807, 2.05) is 32.9 Å². The summed E-state index contributed by atoms with van der Waals surface area (Å²) in [5.41, 5.74) is 0.455. The SMILES string of the molecule is CO[C@]1(C)C[C@]2(CO2)[C@H](O)[C@@H](/C=C/C(C)=C/C[C@@H]2O[C@H](C)[C@H](NC(=O)/C=C\[C@H](C)OC(C)=O)C[C@@H]2C)O1. The number of epoxide rings is 1. The quantitative estimate of drug-likeness (QED) is 0.206. The first-order valence-corrected chi connectivity index (χ1v) is 13.1. The van der Waals surface area contributed by atoms with Crippen LogP contribution in [0.4, 0.5) is 0 Å². The first-order chi connectivity index (χ1) is 17.4. The van der Waals surface area contributed by atoms with Gasteiger partial charge in [0.25, 0.3) is 0 Å². The van der Waals surface area contributed by atoms with Crippen LogP contribution in [0.3, 0.4) is 0 Å². The third-order valence-electron chi connectivity index (χ3n) is 7.44. The predicted molar refractivity (Wildman–Crippen MR) is 138 cm³/mol. The second kappa shape index (κ2) is 12.2. The average molecular weight is 522 g/mol. The zero-order chi connectivity index (χ0) is 27.4. The maximum Gasteiger partial charge on any atom is 0.303 e. The van der Waals surface area contributed by atoms with Crippen molar-refractivity contribution in [1.82, 2.24) is 5.32 Å². The van der Waals surface area contributed by atoms with Gasteiger partial charge in [0.2, 0.25) is 5.91 Å². The van der Waals surface area contributed by atoms with Crippen LogP contribution in [0.5, 0.6) is 0 Å². The lowest BCUT2D eigenvalue weighted by Crippen LogP contribution is -2.55. The molecule has 3 saturated heterocycles. The Balaban J connectivity index is 1.50. The van der Waals surface area contributed by atoms with Crippen molar-refractivity contribution in [3.05, 3.63) is 36.0 Å². The number of aliphatic hydroxyl groups is 1. The molecular formula is C28H43NO8. The third-order valence-corrected chi connectivity index (χ3v) is 7.44. The highest BCUT2D eigenvalue weighted by Crippen LogP contribution is 2.46. The van der Waals surface area contributed by atoms with Crippen molar-refractivity contribution >= 4 is 11.9 Å². The van der Waals surface area contributed by atoms with Gasteiger partial charge in [0, 0.05) is 26.5 Å². The Morgan fingerprint density at radius 1 is 1.24 bits per heavy atom. The smallest absolute Gasteiger partial charge is 0.303 e. The lowest BCUT2D eigenvalue weighted by atomic mass is 9.87. The van der Waals surface area contributed by atoms with E-state index < -0.39 is 29.7 Å². The molecular weight excluding hydrogens is 478 g/mol. The fourth-order valence-electron chi connectivity index (χ4n) is 5.06. The van der Waals surface area contributed by atoms with Crippen molar-refractivity contribution in [2.45, 2.75) is 109 Å². The molecule has 1 amide bonds. The Morgan fingerprint density at radius 2 is 1.95 bits per heavy atom. The molecule has 0 aromatic carbocycles. The molecule has 0 bridgehead atoms. The summed E-state index contributed by atoms with van der Waals surface area (Å²) in [6.07, 6.45) is 9.09. The van der Waals surface area contributed by atoms with Crippen LogP contribution in [-0.4, -0.2) is 78.6 Å². The molecule has 9 heteroatoms. The third kappa shape index (κ3) is 7.97. The van der Waals surface area contributed by atoms with Gasteiger partial charge in [-0.05, 0) is 52.5 Å². The first kappa shape index (κ1) is 29.5. The summed E-state index contributed by atoms with van der Waals surface area (Å²) in [6.45, 7) is 11.5. The maximum atomic E-state index is 12.3. The number of amides is 1. The molecule has 3 fully saturated rings. The van der Waals surface area contributed by atoms with Crippen molar-refractivity contribution in [3.8, 4) is 0 Å². The second-order valence-electron chi connectivity index (χ2n) is 10.8. The number of hydrogen-bond acceptors (Lipinski definition) is 8. The summed E-state index contributed by atoms with van der Waals surface area (Å²) in [5.74, 6) is -1.18. The van der Waals surface area contributed by atoms with Gasteiger partial charge in [-0.3, -0.25) is 9.59 Å². The molecule has 0 unspecified atom stereocenters. The fourth-order valence-corrected chi connectivity index (χ4v) is 5.06. The average Bonchev–Trinajstić information content (AvgIpc) is 3.59. The van der Waals surface area contributed by atoms with E-state index in [-0.39, 0.29) is 36.0 Å². The van der Waals surface area contributed by atoms with Crippen LogP contribution in [0.15, 0.2) is 36.0 Å². The molecule has 2 N–H and O–H groups in total. The van der Waals surface area contributed by atoms with Gasteiger partial charge >= 0.3 is 5.97 Å². The summed E-state index contributed by atoms with van der Waals surface area (Å²) in [6, 6.07) is -0.102. The van der Waals surface area contributed by atoms with Gasteiger partial charge < -0.3 is 34.1 Å². The Morgan fingerprint density at radius 3 is 2.57 bits per heavy atom. The number of ether oxygens (including phenoxy) is 5. The number of esters is 1. The standard InChI is InChI=1S/C28H43NO8/c1-17(9-12-24-26(32)28(16-34-28)15-27(6,33-7)37-24)8-11-23-18(2)14-22(20(4)36-23)29-25(31)13-10-19(3)35-21(5)30/h8-10,12-13,18-20,22-24,26,32H,11,14-16H2,1-7H3,(H,29,31)/b12-9+,13-10-,17-8+/t18-,19-,20+,22+,23-,24+,26+,27-,28-/m0/s1. The Hall–Kier alpha value is -2.04. The van der Waals surface area contributed by atoms with E-state index in [0.29, 0.717) is 13.0 Å². The van der Waals surface area contributed by atoms with Gasteiger partial charge in [0.1, 0.15) is 23.9 Å². The van der Waals surface area contributed by atoms with Crippen molar-refractivity contribution < 1.29 is 38.4 Å². The fraction of sp³-hybridized carbons (Fsp3) is 0.714. The number of carbonyl (C=O) groups is 2. The highest BCUT2D eigenvalue weighted by atomic mass is 16.7. The molecule has 1 spiro atoms. The molecule has 3 heterocycles. The molecule has 0 radical (unpaired) electrons. The van der Waals surface area contributed by atoms with Gasteiger partial charge in [-0.1, -0.05) is 30.7 Å². The van der Waals surface area contributed by atoms with E-state index in [1.165, 1.54) is 13.0 Å². The summed E-state index contributed by atoms with van der Waals surface area (Å²) in [7, 11) is 1.60. The molecule has 3 aliphatic heterocycles. The molecule has 9 nitrogen and oxygen atoms in total. The lowest BCUT2D eigenvalue weighted by molar-refractivity contribution is -0.284. The van der Waals surface area contributed by atoms with Gasteiger partial charge in [0.05, 0.1) is 24.9 Å².